The van der Waals surface area contributed by atoms with Gasteiger partial charge in [0.05, 0.1) is 0 Å². The molecule has 0 bridgehead atoms. The third-order valence-corrected chi connectivity index (χ3v) is 3.79. The van der Waals surface area contributed by atoms with Crippen LogP contribution in [0, 0.1) is 0 Å². The van der Waals surface area contributed by atoms with Crippen molar-refractivity contribution in [2.24, 2.45) is 0 Å². The van der Waals surface area contributed by atoms with Crippen LogP contribution in [0.2, 0.25) is 0 Å². The van der Waals surface area contributed by atoms with E-state index in [9.17, 15) is 10.2 Å². The molecule has 0 aliphatic rings. The quantitative estimate of drug-likeness (QED) is 0.752. The summed E-state index contributed by atoms with van der Waals surface area (Å²) in [6.45, 7) is 2.54. The van der Waals surface area contributed by atoms with Gasteiger partial charge in [-0.15, -0.1) is 0 Å². The number of nitrogens with one attached hydrogen (secondary N) is 1. The summed E-state index contributed by atoms with van der Waals surface area (Å²) in [6, 6.07) is 13.1. The van der Waals surface area contributed by atoms with E-state index in [2.05, 4.69) is 28.2 Å². The maximum atomic E-state index is 9.74. The van der Waals surface area contributed by atoms with Crippen LogP contribution in [0.5, 0.6) is 11.5 Å². The molecule has 4 heteroatoms. The van der Waals surface area contributed by atoms with Gasteiger partial charge in [-0.25, -0.2) is 0 Å². The van der Waals surface area contributed by atoms with Crippen LogP contribution in [0.3, 0.4) is 0 Å². The van der Waals surface area contributed by atoms with E-state index in [0.717, 1.165) is 10.0 Å². The molecule has 3 nitrogen and oxygen atoms in total. The summed E-state index contributed by atoms with van der Waals surface area (Å²) in [4.78, 5) is 0. The highest BCUT2D eigenvalue weighted by Gasteiger charge is 2.10. The summed E-state index contributed by atoms with van der Waals surface area (Å²) in [7, 11) is 0. The first-order chi connectivity index (χ1) is 9.09. The van der Waals surface area contributed by atoms with Gasteiger partial charge in [0.1, 0.15) is 0 Å². The summed E-state index contributed by atoms with van der Waals surface area (Å²) >= 11 is 3.52. The minimum Gasteiger partial charge on any atom is -0.504 e. The van der Waals surface area contributed by atoms with Crippen molar-refractivity contribution in [3.8, 4) is 11.5 Å². The molecule has 0 amide bonds. The van der Waals surface area contributed by atoms with Crippen LogP contribution in [-0.4, -0.2) is 10.2 Å². The highest BCUT2D eigenvalue weighted by molar-refractivity contribution is 9.10. The fourth-order valence-corrected chi connectivity index (χ4v) is 2.55. The third kappa shape index (κ3) is 3.28. The smallest absolute Gasteiger partial charge is 0.161 e. The number of para-hydroxylation sites is 1. The average Bonchev–Trinajstić information content (AvgIpc) is 2.40. The Hall–Kier alpha value is -1.52. The van der Waals surface area contributed by atoms with Crippen LogP contribution in [0.4, 0.5) is 0 Å². The summed E-state index contributed by atoms with van der Waals surface area (Å²) in [5.74, 6) is -0.151. The number of aromatic hydroxyl groups is 2. The Morgan fingerprint density at radius 1 is 1.11 bits per heavy atom. The molecular weight excluding hydrogens is 306 g/mol. The van der Waals surface area contributed by atoms with E-state index in [1.165, 1.54) is 6.07 Å². The molecule has 1 atom stereocenters. The standard InChI is InChI=1S/C15H16BrNO2/c1-10(12-6-2-3-7-13(12)16)17-9-11-5-4-8-14(18)15(11)19/h2-8,10,17-19H,9H2,1H3/t10-/m1/s1. The number of hydrogen-bond donors (Lipinski definition) is 3. The molecule has 100 valence electrons. The van der Waals surface area contributed by atoms with E-state index < -0.39 is 0 Å². The summed E-state index contributed by atoms with van der Waals surface area (Å²) in [6.07, 6.45) is 0. The van der Waals surface area contributed by atoms with Crippen molar-refractivity contribution < 1.29 is 10.2 Å². The third-order valence-electron chi connectivity index (χ3n) is 3.07. The van der Waals surface area contributed by atoms with Crippen molar-refractivity contribution >= 4 is 15.9 Å². The van der Waals surface area contributed by atoms with Crippen LogP contribution in [0.15, 0.2) is 46.9 Å². The highest BCUT2D eigenvalue weighted by atomic mass is 79.9. The summed E-state index contributed by atoms with van der Waals surface area (Å²) in [5, 5.41) is 22.5. The molecule has 2 aromatic rings. The number of rotatable bonds is 4. The van der Waals surface area contributed by atoms with E-state index in [-0.39, 0.29) is 17.5 Å². The minimum absolute atomic E-state index is 0.0608. The number of hydrogen-bond acceptors (Lipinski definition) is 3. The Balaban J connectivity index is 2.07. The molecule has 0 aliphatic carbocycles. The molecular formula is C15H16BrNO2. The van der Waals surface area contributed by atoms with Crippen molar-refractivity contribution in [2.75, 3.05) is 0 Å². The van der Waals surface area contributed by atoms with Gasteiger partial charge in [0.2, 0.25) is 0 Å². The van der Waals surface area contributed by atoms with Gasteiger partial charge in [-0.05, 0) is 24.6 Å². The van der Waals surface area contributed by atoms with Crippen molar-refractivity contribution in [3.63, 3.8) is 0 Å². The second-order valence-electron chi connectivity index (χ2n) is 4.41. The van der Waals surface area contributed by atoms with Gasteiger partial charge in [-0.1, -0.05) is 46.3 Å². The molecule has 0 radical (unpaired) electrons. The van der Waals surface area contributed by atoms with Crippen molar-refractivity contribution in [1.82, 2.24) is 5.32 Å². The van der Waals surface area contributed by atoms with Crippen LogP contribution in [-0.2, 0) is 6.54 Å². The van der Waals surface area contributed by atoms with Crippen molar-refractivity contribution in [3.05, 3.63) is 58.1 Å². The summed E-state index contributed by atoms with van der Waals surface area (Å²) < 4.78 is 1.05. The molecule has 3 N–H and O–H groups in total. The Morgan fingerprint density at radius 2 is 1.84 bits per heavy atom. The number of benzene rings is 2. The zero-order valence-corrected chi connectivity index (χ0v) is 12.2. The lowest BCUT2D eigenvalue weighted by Crippen LogP contribution is -2.18. The topological polar surface area (TPSA) is 52.5 Å². The SMILES string of the molecule is C[C@@H](NCc1cccc(O)c1O)c1ccccc1Br. The van der Waals surface area contributed by atoms with Crippen LogP contribution in [0.25, 0.3) is 0 Å². The Morgan fingerprint density at radius 3 is 2.58 bits per heavy atom. The molecule has 19 heavy (non-hydrogen) atoms. The first kappa shape index (κ1) is 13.9. The first-order valence-electron chi connectivity index (χ1n) is 6.07. The molecule has 0 saturated carbocycles. The molecule has 0 aliphatic heterocycles. The van der Waals surface area contributed by atoms with Crippen LogP contribution < -0.4 is 5.32 Å². The Kier molecular flexibility index (Phi) is 4.45. The van der Waals surface area contributed by atoms with Gasteiger partial charge in [0.25, 0.3) is 0 Å². The molecule has 0 heterocycles. The van der Waals surface area contributed by atoms with E-state index in [1.807, 2.05) is 24.3 Å². The molecule has 0 saturated heterocycles. The van der Waals surface area contributed by atoms with Gasteiger partial charge in [-0.3, -0.25) is 0 Å². The fourth-order valence-electron chi connectivity index (χ4n) is 1.92. The molecule has 2 rings (SSSR count). The zero-order chi connectivity index (χ0) is 13.8. The lowest BCUT2D eigenvalue weighted by molar-refractivity contribution is 0.396. The largest absolute Gasteiger partial charge is 0.504 e. The molecule has 0 spiro atoms. The van der Waals surface area contributed by atoms with Crippen LogP contribution >= 0.6 is 15.9 Å². The van der Waals surface area contributed by atoms with Gasteiger partial charge in [0.15, 0.2) is 11.5 Å². The minimum atomic E-state index is -0.0900. The molecule has 0 fully saturated rings. The second-order valence-corrected chi connectivity index (χ2v) is 5.26. The maximum Gasteiger partial charge on any atom is 0.161 e. The van der Waals surface area contributed by atoms with E-state index in [1.54, 1.807) is 12.1 Å². The maximum absolute atomic E-state index is 9.74. The van der Waals surface area contributed by atoms with E-state index in [4.69, 9.17) is 0 Å². The van der Waals surface area contributed by atoms with Gasteiger partial charge < -0.3 is 15.5 Å². The number of halogens is 1. The number of phenolic OH excluding ortho intramolecular Hbond substituents is 2. The second kappa shape index (κ2) is 6.08. The van der Waals surface area contributed by atoms with Gasteiger partial charge >= 0.3 is 0 Å². The van der Waals surface area contributed by atoms with E-state index in [0.29, 0.717) is 12.1 Å². The highest BCUT2D eigenvalue weighted by Crippen LogP contribution is 2.29. The predicted octanol–water partition coefficient (Wildman–Crippen LogP) is 3.71. The first-order valence-corrected chi connectivity index (χ1v) is 6.86. The zero-order valence-electron chi connectivity index (χ0n) is 10.6. The normalized spacial score (nSPS) is 12.3. The van der Waals surface area contributed by atoms with Gasteiger partial charge in [0, 0.05) is 22.6 Å². The lowest BCUT2D eigenvalue weighted by atomic mass is 10.1. The van der Waals surface area contributed by atoms with E-state index >= 15 is 0 Å². The number of phenols is 2. The lowest BCUT2D eigenvalue weighted by Gasteiger charge is -2.16. The Labute approximate surface area is 121 Å². The van der Waals surface area contributed by atoms with Crippen molar-refractivity contribution in [1.29, 1.82) is 0 Å². The predicted molar refractivity (Wildman–Crippen MR) is 79.2 cm³/mol. The molecule has 0 unspecified atom stereocenters. The average molecular weight is 322 g/mol. The Bertz CT molecular complexity index is 572. The van der Waals surface area contributed by atoms with Gasteiger partial charge in [-0.2, -0.15) is 0 Å². The summed E-state index contributed by atoms with van der Waals surface area (Å²) in [5.41, 5.74) is 1.83. The fraction of sp³-hybridized carbons (Fsp3) is 0.200. The molecule has 2 aromatic carbocycles. The monoisotopic (exact) mass is 321 g/mol. The molecule has 0 aromatic heterocycles. The van der Waals surface area contributed by atoms with Crippen molar-refractivity contribution in [2.45, 2.75) is 19.5 Å². The van der Waals surface area contributed by atoms with Crippen LogP contribution in [0.1, 0.15) is 24.1 Å².